The van der Waals surface area contributed by atoms with E-state index in [0.29, 0.717) is 0 Å². The fraction of sp³-hybridized carbons (Fsp3) is 0.571. The number of likely N-dealkylation sites (tertiary alicyclic amines) is 1. The Morgan fingerprint density at radius 1 is 1.11 bits per heavy atom. The number of aryl methyl sites for hydroxylation is 1. The third kappa shape index (κ3) is 4.92. The van der Waals surface area contributed by atoms with Gasteiger partial charge in [-0.3, -0.25) is 9.89 Å². The number of benzene rings is 1. The second-order valence-corrected chi connectivity index (χ2v) is 8.68. The summed E-state index contributed by atoms with van der Waals surface area (Å²) in [6.07, 6.45) is 10.0. The van der Waals surface area contributed by atoms with E-state index in [1.54, 1.807) is 11.8 Å². The van der Waals surface area contributed by atoms with Crippen molar-refractivity contribution >= 4 is 17.7 Å². The van der Waals surface area contributed by atoms with Crippen molar-refractivity contribution in [1.82, 2.24) is 20.1 Å². The lowest BCUT2D eigenvalue weighted by molar-refractivity contribution is 0.0793. The zero-order valence-corrected chi connectivity index (χ0v) is 16.6. The molecule has 27 heavy (non-hydrogen) atoms. The van der Waals surface area contributed by atoms with Gasteiger partial charge in [0.1, 0.15) is 5.82 Å². The van der Waals surface area contributed by atoms with Crippen molar-refractivity contribution in [2.24, 2.45) is 5.92 Å². The molecule has 1 N–H and O–H groups in total. The first-order chi connectivity index (χ1) is 13.3. The summed E-state index contributed by atoms with van der Waals surface area (Å²) < 4.78 is 0. The van der Waals surface area contributed by atoms with Gasteiger partial charge in [-0.2, -0.15) is 0 Å². The highest BCUT2D eigenvalue weighted by atomic mass is 32.2. The quantitative estimate of drug-likeness (QED) is 0.716. The van der Waals surface area contributed by atoms with Gasteiger partial charge in [-0.25, -0.2) is 4.98 Å². The van der Waals surface area contributed by atoms with Crippen LogP contribution < -0.4 is 0 Å². The van der Waals surface area contributed by atoms with Crippen LogP contribution >= 0.6 is 11.8 Å². The second-order valence-electron chi connectivity index (χ2n) is 7.74. The highest BCUT2D eigenvalue weighted by molar-refractivity contribution is 7.98. The molecule has 2 aromatic rings. The minimum atomic E-state index is 0.160. The normalized spacial score (nSPS) is 17.7. The van der Waals surface area contributed by atoms with Gasteiger partial charge in [0.15, 0.2) is 0 Å². The van der Waals surface area contributed by atoms with Crippen LogP contribution in [0.1, 0.15) is 66.7 Å². The maximum absolute atomic E-state index is 12.4. The Morgan fingerprint density at radius 2 is 1.85 bits per heavy atom. The molecule has 2 heterocycles. The molecule has 1 aromatic carbocycles. The first kappa shape index (κ1) is 18.5. The Labute approximate surface area is 165 Å². The van der Waals surface area contributed by atoms with Crippen LogP contribution in [-0.4, -0.2) is 39.1 Å². The van der Waals surface area contributed by atoms with Crippen LogP contribution in [-0.2, 0) is 12.2 Å². The van der Waals surface area contributed by atoms with Crippen LogP contribution in [0.2, 0.25) is 0 Å². The van der Waals surface area contributed by atoms with Gasteiger partial charge in [0.2, 0.25) is 5.16 Å². The summed E-state index contributed by atoms with van der Waals surface area (Å²) in [5.41, 5.74) is 1.98. The second kappa shape index (κ2) is 8.91. The molecular weight excluding hydrogens is 356 g/mol. The number of carbonyl (C=O) groups excluding carboxylic acids is 1. The predicted octanol–water partition coefficient (Wildman–Crippen LogP) is 4.46. The first-order valence-corrected chi connectivity index (χ1v) is 11.2. The zero-order chi connectivity index (χ0) is 18.5. The largest absolute Gasteiger partial charge is 0.339 e. The lowest BCUT2D eigenvalue weighted by atomic mass is 10.0. The molecule has 0 atom stereocenters. The molecule has 4 rings (SSSR count). The summed E-state index contributed by atoms with van der Waals surface area (Å²) in [6.45, 7) is 1.79. The van der Waals surface area contributed by atoms with Crippen molar-refractivity contribution in [3.05, 3.63) is 41.2 Å². The lowest BCUT2D eigenvalue weighted by Gasteiger charge is -2.15. The smallest absolute Gasteiger partial charge is 0.253 e. The Morgan fingerprint density at radius 3 is 2.59 bits per heavy atom. The lowest BCUT2D eigenvalue weighted by Crippen LogP contribution is -2.27. The average molecular weight is 385 g/mol. The maximum Gasteiger partial charge on any atom is 0.253 e. The minimum absolute atomic E-state index is 0.160. The SMILES string of the molecule is O=C(c1ccc(CSc2n[nH]c(CCC3CCCC3)n2)cc1)N1CCCC1. The van der Waals surface area contributed by atoms with Crippen LogP contribution in [0.15, 0.2) is 29.4 Å². The number of H-pyrrole nitrogens is 1. The van der Waals surface area contributed by atoms with Crippen molar-refractivity contribution in [1.29, 1.82) is 0 Å². The van der Waals surface area contributed by atoms with Crippen LogP contribution in [0.3, 0.4) is 0 Å². The molecule has 1 aliphatic carbocycles. The van der Waals surface area contributed by atoms with E-state index in [2.05, 4.69) is 15.2 Å². The zero-order valence-electron chi connectivity index (χ0n) is 15.8. The molecule has 1 aliphatic heterocycles. The monoisotopic (exact) mass is 384 g/mol. The molecule has 0 radical (unpaired) electrons. The van der Waals surface area contributed by atoms with E-state index in [0.717, 1.165) is 60.6 Å². The van der Waals surface area contributed by atoms with Crippen molar-refractivity contribution in [3.8, 4) is 0 Å². The maximum atomic E-state index is 12.4. The molecule has 5 nitrogen and oxygen atoms in total. The molecule has 0 unspecified atom stereocenters. The van der Waals surface area contributed by atoms with Gasteiger partial charge in [0, 0.05) is 30.8 Å². The van der Waals surface area contributed by atoms with Gasteiger partial charge in [-0.15, -0.1) is 5.10 Å². The molecule has 0 bridgehead atoms. The number of nitrogens with zero attached hydrogens (tertiary/aromatic N) is 3. The van der Waals surface area contributed by atoms with Gasteiger partial charge < -0.3 is 4.90 Å². The Balaban J connectivity index is 1.25. The fourth-order valence-corrected chi connectivity index (χ4v) is 4.86. The van der Waals surface area contributed by atoms with Crippen LogP contribution in [0.25, 0.3) is 0 Å². The number of carbonyl (C=O) groups is 1. The van der Waals surface area contributed by atoms with Crippen LogP contribution in [0.4, 0.5) is 0 Å². The molecular formula is C21H28N4OS. The van der Waals surface area contributed by atoms with E-state index in [-0.39, 0.29) is 5.91 Å². The fourth-order valence-electron chi connectivity index (χ4n) is 4.09. The minimum Gasteiger partial charge on any atom is -0.339 e. The highest BCUT2D eigenvalue weighted by Crippen LogP contribution is 2.28. The van der Waals surface area contributed by atoms with Gasteiger partial charge >= 0.3 is 0 Å². The van der Waals surface area contributed by atoms with E-state index in [1.165, 1.54) is 37.7 Å². The van der Waals surface area contributed by atoms with E-state index < -0.39 is 0 Å². The number of nitrogens with one attached hydrogen (secondary N) is 1. The molecule has 1 amide bonds. The third-order valence-electron chi connectivity index (χ3n) is 5.74. The predicted molar refractivity (Wildman–Crippen MR) is 108 cm³/mol. The van der Waals surface area contributed by atoms with Crippen molar-refractivity contribution < 1.29 is 4.79 Å². The van der Waals surface area contributed by atoms with Crippen molar-refractivity contribution in [2.45, 2.75) is 62.3 Å². The van der Waals surface area contributed by atoms with E-state index >= 15 is 0 Å². The van der Waals surface area contributed by atoms with Crippen molar-refractivity contribution in [2.75, 3.05) is 13.1 Å². The molecule has 0 spiro atoms. The summed E-state index contributed by atoms with van der Waals surface area (Å²) in [6, 6.07) is 7.98. The Bertz CT molecular complexity index is 746. The summed E-state index contributed by atoms with van der Waals surface area (Å²) in [7, 11) is 0. The molecule has 2 fully saturated rings. The van der Waals surface area contributed by atoms with Gasteiger partial charge in [-0.1, -0.05) is 49.6 Å². The number of thioether (sulfide) groups is 1. The highest BCUT2D eigenvalue weighted by Gasteiger charge is 2.19. The average Bonchev–Trinajstić information content (AvgIpc) is 3.47. The summed E-state index contributed by atoms with van der Waals surface area (Å²) >= 11 is 1.64. The standard InChI is InChI=1S/C21H28N4OS/c26-20(25-13-3-4-14-25)18-10-7-17(8-11-18)15-27-21-22-19(23-24-21)12-9-16-5-1-2-6-16/h7-8,10-11,16H,1-6,9,12-15H2,(H,22,23,24). The van der Waals surface area contributed by atoms with E-state index in [1.807, 2.05) is 29.2 Å². The van der Waals surface area contributed by atoms with E-state index in [4.69, 9.17) is 0 Å². The number of hydrogen-bond donors (Lipinski definition) is 1. The third-order valence-corrected chi connectivity index (χ3v) is 6.66. The van der Waals surface area contributed by atoms with Crippen LogP contribution in [0, 0.1) is 5.92 Å². The molecule has 2 aliphatic rings. The van der Waals surface area contributed by atoms with Crippen LogP contribution in [0.5, 0.6) is 0 Å². The van der Waals surface area contributed by atoms with Gasteiger partial charge in [-0.05, 0) is 42.9 Å². The molecule has 1 saturated heterocycles. The number of aromatic nitrogens is 3. The molecule has 1 aromatic heterocycles. The summed E-state index contributed by atoms with van der Waals surface area (Å²) in [5.74, 6) is 2.87. The Hall–Kier alpha value is -1.82. The van der Waals surface area contributed by atoms with E-state index in [9.17, 15) is 4.79 Å². The molecule has 6 heteroatoms. The number of aromatic amines is 1. The Kier molecular flexibility index (Phi) is 6.12. The van der Waals surface area contributed by atoms with Gasteiger partial charge in [0.05, 0.1) is 0 Å². The van der Waals surface area contributed by atoms with Crippen molar-refractivity contribution in [3.63, 3.8) is 0 Å². The molecule has 1 saturated carbocycles. The summed E-state index contributed by atoms with van der Waals surface area (Å²) in [5, 5.41) is 8.24. The summed E-state index contributed by atoms with van der Waals surface area (Å²) in [4.78, 5) is 19.0. The topological polar surface area (TPSA) is 61.9 Å². The molecule has 144 valence electrons. The first-order valence-electron chi connectivity index (χ1n) is 10.2. The van der Waals surface area contributed by atoms with Gasteiger partial charge in [0.25, 0.3) is 5.91 Å². The number of rotatable bonds is 7. The number of hydrogen-bond acceptors (Lipinski definition) is 4. The number of amides is 1.